The predicted molar refractivity (Wildman–Crippen MR) is 83.4 cm³/mol. The fourth-order valence-corrected chi connectivity index (χ4v) is 2.53. The Kier molecular flexibility index (Phi) is 10.8. The minimum absolute atomic E-state index is 0.488. The van der Waals surface area contributed by atoms with Crippen LogP contribution in [-0.2, 0) is 4.79 Å². The molecule has 0 amide bonds. The molecule has 1 atom stereocenters. The molecule has 0 spiro atoms. The zero-order valence-corrected chi connectivity index (χ0v) is 13.6. The van der Waals surface area contributed by atoms with E-state index < -0.39 is 16.7 Å². The van der Waals surface area contributed by atoms with E-state index in [-0.39, 0.29) is 0 Å². The summed E-state index contributed by atoms with van der Waals surface area (Å²) >= 11 is 0. The van der Waals surface area contributed by atoms with Gasteiger partial charge in [-0.2, -0.15) is 0 Å². The van der Waals surface area contributed by atoms with Gasteiger partial charge in [0.2, 0.25) is 0 Å². The van der Waals surface area contributed by atoms with Crippen molar-refractivity contribution in [2.45, 2.75) is 83.6 Å². The lowest BCUT2D eigenvalue weighted by atomic mass is 10.0. The summed E-state index contributed by atoms with van der Waals surface area (Å²) in [7, 11) is 2.82. The Hall–Kier alpha value is -0.610. The number of carboxylic acids is 1. The molecular weight excluding hydrogens is 254 g/mol. The van der Waals surface area contributed by atoms with Crippen LogP contribution in [-0.4, -0.2) is 35.9 Å². The molecule has 4 heteroatoms. The van der Waals surface area contributed by atoms with Gasteiger partial charge in [0.1, 0.15) is 0 Å². The first-order valence-electron chi connectivity index (χ1n) is 8.17. The molecule has 0 aliphatic carbocycles. The van der Waals surface area contributed by atoms with Gasteiger partial charge in [0.15, 0.2) is 6.04 Å². The molecule has 20 heavy (non-hydrogen) atoms. The number of nitrogens with zero attached hydrogens (tertiary/aromatic N) is 1. The molecule has 0 heterocycles. The molecule has 0 radical (unpaired) electrons. The van der Waals surface area contributed by atoms with Gasteiger partial charge in [0.25, 0.3) is 0 Å². The highest BCUT2D eigenvalue weighted by molar-refractivity contribution is 5.72. The van der Waals surface area contributed by atoms with Gasteiger partial charge >= 0.3 is 5.97 Å². The van der Waals surface area contributed by atoms with Crippen LogP contribution < -0.4 is 0 Å². The summed E-state index contributed by atoms with van der Waals surface area (Å²) in [4.78, 5) is 11.0. The van der Waals surface area contributed by atoms with E-state index in [1.54, 1.807) is 0 Å². The SMILES string of the molecule is CCCCCCCCCCCCC(C(=O)O)[N+](C)(C)[O-]. The van der Waals surface area contributed by atoms with Crippen molar-refractivity contribution in [1.29, 1.82) is 0 Å². The fourth-order valence-electron chi connectivity index (χ4n) is 2.53. The van der Waals surface area contributed by atoms with Crippen molar-refractivity contribution >= 4 is 5.97 Å². The molecule has 0 aromatic heterocycles. The molecule has 0 fully saturated rings. The predicted octanol–water partition coefficient (Wildman–Crippen LogP) is 4.32. The maximum Gasteiger partial charge on any atom is 0.362 e. The lowest BCUT2D eigenvalue weighted by Gasteiger charge is -2.39. The summed E-state index contributed by atoms with van der Waals surface area (Å²) in [5.41, 5.74) is 0. The number of likely N-dealkylation sites (N-methyl/N-ethyl adjacent to an activating group) is 1. The molecule has 0 aromatic rings. The number of hydrogen-bond donors (Lipinski definition) is 1. The summed E-state index contributed by atoms with van der Waals surface area (Å²) in [6.45, 7) is 2.23. The molecule has 4 nitrogen and oxygen atoms in total. The van der Waals surface area contributed by atoms with Crippen molar-refractivity contribution in [3.63, 3.8) is 0 Å². The molecule has 0 rings (SSSR count). The third-order valence-corrected chi connectivity index (χ3v) is 3.87. The highest BCUT2D eigenvalue weighted by Crippen LogP contribution is 2.16. The second-order valence-electron chi connectivity index (χ2n) is 6.26. The third-order valence-electron chi connectivity index (χ3n) is 3.87. The topological polar surface area (TPSA) is 60.4 Å². The summed E-state index contributed by atoms with van der Waals surface area (Å²) in [6.07, 6.45) is 12.7. The average molecular weight is 287 g/mol. The van der Waals surface area contributed by atoms with E-state index in [4.69, 9.17) is 5.11 Å². The van der Waals surface area contributed by atoms with Crippen LogP contribution in [0.4, 0.5) is 0 Å². The second kappa shape index (κ2) is 11.1. The molecule has 0 aliphatic heterocycles. The van der Waals surface area contributed by atoms with Crippen molar-refractivity contribution in [3.05, 3.63) is 5.21 Å². The Balaban J connectivity index is 3.49. The quantitative estimate of drug-likeness (QED) is 0.312. The van der Waals surface area contributed by atoms with Crippen LogP contribution in [0.2, 0.25) is 0 Å². The van der Waals surface area contributed by atoms with Crippen LogP contribution in [0.5, 0.6) is 0 Å². The molecule has 0 saturated carbocycles. The zero-order chi connectivity index (χ0) is 15.4. The van der Waals surface area contributed by atoms with Crippen molar-refractivity contribution in [2.75, 3.05) is 14.1 Å². The van der Waals surface area contributed by atoms with Crippen LogP contribution in [0.1, 0.15) is 77.6 Å². The number of quaternary nitrogens is 1. The van der Waals surface area contributed by atoms with Crippen LogP contribution >= 0.6 is 0 Å². The average Bonchev–Trinajstić information content (AvgIpc) is 2.34. The van der Waals surface area contributed by atoms with Crippen LogP contribution in [0.3, 0.4) is 0 Å². The molecule has 1 unspecified atom stereocenters. The summed E-state index contributed by atoms with van der Waals surface area (Å²) in [5, 5.41) is 20.7. The number of aliphatic carboxylic acids is 1. The van der Waals surface area contributed by atoms with Gasteiger partial charge in [0.05, 0.1) is 14.1 Å². The van der Waals surface area contributed by atoms with Crippen molar-refractivity contribution < 1.29 is 14.5 Å². The van der Waals surface area contributed by atoms with Gasteiger partial charge in [0, 0.05) is 6.42 Å². The first kappa shape index (κ1) is 19.4. The molecule has 120 valence electrons. The summed E-state index contributed by atoms with van der Waals surface area (Å²) in [5.74, 6) is -0.971. The van der Waals surface area contributed by atoms with Gasteiger partial charge < -0.3 is 15.0 Å². The number of hydrogen-bond acceptors (Lipinski definition) is 2. The smallest absolute Gasteiger partial charge is 0.362 e. The molecule has 0 saturated heterocycles. The molecule has 1 N–H and O–H groups in total. The first-order chi connectivity index (χ1) is 9.39. The number of unbranched alkanes of at least 4 members (excludes halogenated alkanes) is 9. The van der Waals surface area contributed by atoms with E-state index in [9.17, 15) is 10.0 Å². The molecular formula is C16H33NO3. The van der Waals surface area contributed by atoms with E-state index in [0.29, 0.717) is 6.42 Å². The Labute approximate surface area is 124 Å². The lowest BCUT2D eigenvalue weighted by Crippen LogP contribution is -2.48. The van der Waals surface area contributed by atoms with Gasteiger partial charge in [-0.15, -0.1) is 0 Å². The standard InChI is InChI=1S/C16H33NO3/c1-4-5-6-7-8-9-10-11-12-13-14-15(16(18)19)17(2,3)20/h15H,4-14H2,1-3H3,(H,18,19). The fraction of sp³-hybridized carbons (Fsp3) is 0.938. The maximum atomic E-state index is 11.7. The van der Waals surface area contributed by atoms with E-state index in [1.807, 2.05) is 0 Å². The Morgan fingerprint density at radius 2 is 1.35 bits per heavy atom. The first-order valence-corrected chi connectivity index (χ1v) is 8.17. The maximum absolute atomic E-state index is 11.7. The Morgan fingerprint density at radius 1 is 0.950 bits per heavy atom. The molecule has 0 aliphatic rings. The van der Waals surface area contributed by atoms with E-state index >= 15 is 0 Å². The van der Waals surface area contributed by atoms with Crippen molar-refractivity contribution in [3.8, 4) is 0 Å². The Morgan fingerprint density at radius 3 is 1.70 bits per heavy atom. The van der Waals surface area contributed by atoms with Crippen LogP contribution in [0.25, 0.3) is 0 Å². The zero-order valence-electron chi connectivity index (χ0n) is 13.6. The van der Waals surface area contributed by atoms with Gasteiger partial charge in [-0.3, -0.25) is 0 Å². The summed E-state index contributed by atoms with van der Waals surface area (Å²) in [6, 6.07) is -0.816. The van der Waals surface area contributed by atoms with E-state index in [2.05, 4.69) is 6.92 Å². The second-order valence-corrected chi connectivity index (χ2v) is 6.26. The summed E-state index contributed by atoms with van der Waals surface area (Å²) < 4.78 is -0.729. The number of rotatable bonds is 13. The highest BCUT2D eigenvalue weighted by Gasteiger charge is 2.27. The normalized spacial score (nSPS) is 13.4. The lowest BCUT2D eigenvalue weighted by molar-refractivity contribution is -0.858. The van der Waals surface area contributed by atoms with Gasteiger partial charge in [-0.25, -0.2) is 4.79 Å². The van der Waals surface area contributed by atoms with E-state index in [0.717, 1.165) is 19.3 Å². The monoisotopic (exact) mass is 287 g/mol. The van der Waals surface area contributed by atoms with Crippen molar-refractivity contribution in [2.24, 2.45) is 0 Å². The molecule has 0 aromatic carbocycles. The largest absolute Gasteiger partial charge is 0.633 e. The number of carboxylic acid groups (broad SMARTS) is 1. The molecule has 0 bridgehead atoms. The van der Waals surface area contributed by atoms with E-state index in [1.165, 1.54) is 59.0 Å². The van der Waals surface area contributed by atoms with Gasteiger partial charge in [-0.05, 0) is 6.42 Å². The van der Waals surface area contributed by atoms with Gasteiger partial charge in [-0.1, -0.05) is 64.7 Å². The number of hydroxylamine groups is 3. The third kappa shape index (κ3) is 10.2. The highest BCUT2D eigenvalue weighted by atomic mass is 16.5. The minimum Gasteiger partial charge on any atom is -0.633 e. The van der Waals surface area contributed by atoms with Crippen molar-refractivity contribution in [1.82, 2.24) is 0 Å². The van der Waals surface area contributed by atoms with Crippen LogP contribution in [0.15, 0.2) is 0 Å². The van der Waals surface area contributed by atoms with Crippen LogP contribution in [0, 0.1) is 5.21 Å². The minimum atomic E-state index is -0.971. The number of carbonyl (C=O) groups is 1. The Bertz CT molecular complexity index is 249.